The molecule has 0 amide bonds. The Balaban J connectivity index is 2.45. The van der Waals surface area contributed by atoms with Gasteiger partial charge in [-0.15, -0.1) is 0 Å². The van der Waals surface area contributed by atoms with Crippen LogP contribution in [0.4, 0.5) is 4.39 Å². The van der Waals surface area contributed by atoms with Crippen LogP contribution in [0.5, 0.6) is 11.5 Å². The van der Waals surface area contributed by atoms with Crippen molar-refractivity contribution in [3.05, 3.63) is 58.4 Å². The predicted molar refractivity (Wildman–Crippen MR) is 78.9 cm³/mol. The summed E-state index contributed by atoms with van der Waals surface area (Å²) in [5.74, 6) is 0.157. The summed E-state index contributed by atoms with van der Waals surface area (Å²) in [6.07, 6.45) is 0. The van der Waals surface area contributed by atoms with Crippen LogP contribution in [0.15, 0.2) is 30.3 Å². The first kappa shape index (κ1) is 15.0. The van der Waals surface area contributed by atoms with Crippen LogP contribution in [-0.4, -0.2) is 20.0 Å². The predicted octanol–water partition coefficient (Wildman–Crippen LogP) is 3.69. The number of rotatable bonds is 4. The van der Waals surface area contributed by atoms with E-state index in [1.165, 1.54) is 25.3 Å². The highest BCUT2D eigenvalue weighted by Crippen LogP contribution is 2.26. The van der Waals surface area contributed by atoms with Crippen molar-refractivity contribution in [1.29, 1.82) is 0 Å². The van der Waals surface area contributed by atoms with Gasteiger partial charge in [0.15, 0.2) is 17.3 Å². The van der Waals surface area contributed by atoms with E-state index < -0.39 is 5.82 Å². The maximum absolute atomic E-state index is 13.4. The molecule has 0 radical (unpaired) electrons. The molecule has 110 valence electrons. The van der Waals surface area contributed by atoms with Crippen molar-refractivity contribution in [3.63, 3.8) is 0 Å². The lowest BCUT2D eigenvalue weighted by Gasteiger charge is -2.11. The minimum Gasteiger partial charge on any atom is -0.496 e. The molecule has 0 heterocycles. The normalized spacial score (nSPS) is 10.3. The number of ketones is 1. The van der Waals surface area contributed by atoms with Crippen molar-refractivity contribution >= 4 is 5.78 Å². The number of carbonyl (C=O) groups excluding carboxylic acids is 1. The summed E-state index contributed by atoms with van der Waals surface area (Å²) in [6, 6.07) is 7.63. The first-order chi connectivity index (χ1) is 9.97. The van der Waals surface area contributed by atoms with Crippen molar-refractivity contribution in [2.24, 2.45) is 0 Å². The first-order valence-corrected chi connectivity index (χ1v) is 6.51. The van der Waals surface area contributed by atoms with Crippen molar-refractivity contribution in [2.45, 2.75) is 13.8 Å². The quantitative estimate of drug-likeness (QED) is 0.805. The topological polar surface area (TPSA) is 35.5 Å². The summed E-state index contributed by atoms with van der Waals surface area (Å²) in [5.41, 5.74) is 2.70. The summed E-state index contributed by atoms with van der Waals surface area (Å²) in [7, 11) is 2.97. The number of carbonyl (C=O) groups is 1. The van der Waals surface area contributed by atoms with Crippen LogP contribution >= 0.6 is 0 Å². The van der Waals surface area contributed by atoms with Gasteiger partial charge in [-0.05, 0) is 55.3 Å². The van der Waals surface area contributed by atoms with Crippen LogP contribution in [0.2, 0.25) is 0 Å². The van der Waals surface area contributed by atoms with E-state index in [1.54, 1.807) is 19.2 Å². The fraction of sp³-hybridized carbons (Fsp3) is 0.235. The summed E-state index contributed by atoms with van der Waals surface area (Å²) in [6.45, 7) is 3.77. The molecule has 0 aliphatic rings. The molecule has 4 heteroatoms. The molecule has 0 saturated carbocycles. The van der Waals surface area contributed by atoms with Crippen LogP contribution in [0.3, 0.4) is 0 Å². The molecule has 0 aliphatic carbocycles. The number of hydrogen-bond acceptors (Lipinski definition) is 3. The molecule has 0 aliphatic heterocycles. The van der Waals surface area contributed by atoms with Crippen LogP contribution in [0.1, 0.15) is 27.0 Å². The first-order valence-electron chi connectivity index (χ1n) is 6.51. The Morgan fingerprint density at radius 3 is 2.10 bits per heavy atom. The highest BCUT2D eigenvalue weighted by molar-refractivity contribution is 6.09. The smallest absolute Gasteiger partial charge is 0.193 e. The van der Waals surface area contributed by atoms with Gasteiger partial charge in [0.2, 0.25) is 0 Å². The number of methoxy groups -OCH3 is 2. The summed E-state index contributed by atoms with van der Waals surface area (Å²) >= 11 is 0. The number of aryl methyl sites for hydroxylation is 2. The molecular formula is C17H17FO3. The van der Waals surface area contributed by atoms with Crippen molar-refractivity contribution in [1.82, 2.24) is 0 Å². The van der Waals surface area contributed by atoms with Gasteiger partial charge in [-0.1, -0.05) is 0 Å². The van der Waals surface area contributed by atoms with E-state index in [0.717, 1.165) is 16.9 Å². The average molecular weight is 288 g/mol. The van der Waals surface area contributed by atoms with Crippen molar-refractivity contribution in [3.8, 4) is 11.5 Å². The lowest BCUT2D eigenvalue weighted by Crippen LogP contribution is -2.04. The third kappa shape index (κ3) is 2.89. The molecule has 0 N–H and O–H groups in total. The fourth-order valence-electron chi connectivity index (χ4n) is 2.37. The van der Waals surface area contributed by atoms with Gasteiger partial charge in [-0.25, -0.2) is 4.39 Å². The van der Waals surface area contributed by atoms with Crippen molar-refractivity contribution < 1.29 is 18.7 Å². The Morgan fingerprint density at radius 2 is 1.57 bits per heavy atom. The molecule has 0 fully saturated rings. The number of ether oxygens (including phenoxy) is 2. The van der Waals surface area contributed by atoms with Crippen LogP contribution in [0.25, 0.3) is 0 Å². The highest BCUT2D eigenvalue weighted by Gasteiger charge is 2.15. The van der Waals surface area contributed by atoms with E-state index in [-0.39, 0.29) is 11.5 Å². The Morgan fingerprint density at radius 1 is 0.952 bits per heavy atom. The summed E-state index contributed by atoms with van der Waals surface area (Å²) < 4.78 is 23.6. The van der Waals surface area contributed by atoms with Gasteiger partial charge in [0.1, 0.15) is 5.75 Å². The number of halogens is 1. The zero-order valence-electron chi connectivity index (χ0n) is 12.5. The molecule has 2 aromatic carbocycles. The Kier molecular flexibility index (Phi) is 4.26. The van der Waals surface area contributed by atoms with Gasteiger partial charge in [0.05, 0.1) is 14.2 Å². The lowest BCUT2D eigenvalue weighted by molar-refractivity contribution is 0.103. The largest absolute Gasteiger partial charge is 0.496 e. The van der Waals surface area contributed by atoms with Crippen LogP contribution in [0, 0.1) is 19.7 Å². The molecule has 21 heavy (non-hydrogen) atoms. The zero-order valence-corrected chi connectivity index (χ0v) is 12.5. The third-order valence-electron chi connectivity index (χ3n) is 3.34. The number of hydrogen-bond donors (Lipinski definition) is 0. The summed E-state index contributed by atoms with van der Waals surface area (Å²) in [5, 5.41) is 0. The zero-order chi connectivity index (χ0) is 15.6. The van der Waals surface area contributed by atoms with Gasteiger partial charge in [0, 0.05) is 11.1 Å². The molecule has 2 rings (SSSR count). The molecule has 0 atom stereocenters. The monoisotopic (exact) mass is 288 g/mol. The highest BCUT2D eigenvalue weighted by atomic mass is 19.1. The molecule has 0 bridgehead atoms. The second-order valence-electron chi connectivity index (χ2n) is 4.82. The molecule has 2 aromatic rings. The fourth-order valence-corrected chi connectivity index (χ4v) is 2.37. The molecule has 0 aromatic heterocycles. The van der Waals surface area contributed by atoms with E-state index in [1.807, 2.05) is 13.8 Å². The molecule has 0 unspecified atom stereocenters. The maximum Gasteiger partial charge on any atom is 0.193 e. The van der Waals surface area contributed by atoms with Crippen molar-refractivity contribution in [2.75, 3.05) is 14.2 Å². The van der Waals surface area contributed by atoms with Gasteiger partial charge >= 0.3 is 0 Å². The average Bonchev–Trinajstić information content (AvgIpc) is 2.46. The SMILES string of the molecule is COc1cc(C(=O)c2cc(C)c(OC)c(C)c2)ccc1F. The molecule has 0 saturated heterocycles. The minimum absolute atomic E-state index is 0.0582. The number of benzene rings is 2. The van der Waals surface area contributed by atoms with E-state index >= 15 is 0 Å². The summed E-state index contributed by atoms with van der Waals surface area (Å²) in [4.78, 5) is 12.5. The maximum atomic E-state index is 13.4. The van der Waals surface area contributed by atoms with E-state index in [9.17, 15) is 9.18 Å². The molecule has 3 nitrogen and oxygen atoms in total. The standard InChI is InChI=1S/C17H17FO3/c1-10-7-13(8-11(2)17(10)21-4)16(19)12-5-6-14(18)15(9-12)20-3/h5-9H,1-4H3. The van der Waals surface area contributed by atoms with Gasteiger partial charge < -0.3 is 9.47 Å². The van der Waals surface area contributed by atoms with Crippen LogP contribution in [-0.2, 0) is 0 Å². The lowest BCUT2D eigenvalue weighted by atomic mass is 9.98. The third-order valence-corrected chi connectivity index (χ3v) is 3.34. The molecule has 0 spiro atoms. The second-order valence-corrected chi connectivity index (χ2v) is 4.82. The van der Waals surface area contributed by atoms with E-state index in [0.29, 0.717) is 11.1 Å². The Bertz CT molecular complexity index is 669. The van der Waals surface area contributed by atoms with Gasteiger partial charge in [0.25, 0.3) is 0 Å². The van der Waals surface area contributed by atoms with Gasteiger partial charge in [-0.2, -0.15) is 0 Å². The van der Waals surface area contributed by atoms with Crippen LogP contribution < -0.4 is 9.47 Å². The second kappa shape index (κ2) is 5.95. The Hall–Kier alpha value is -2.36. The molecular weight excluding hydrogens is 271 g/mol. The Labute approximate surface area is 123 Å². The van der Waals surface area contributed by atoms with Gasteiger partial charge in [-0.3, -0.25) is 4.79 Å². The minimum atomic E-state index is -0.490. The van der Waals surface area contributed by atoms with E-state index in [2.05, 4.69) is 0 Å². The van der Waals surface area contributed by atoms with E-state index in [4.69, 9.17) is 9.47 Å².